The highest BCUT2D eigenvalue weighted by molar-refractivity contribution is 6.31. The van der Waals surface area contributed by atoms with Crippen molar-refractivity contribution in [2.75, 3.05) is 5.43 Å². The van der Waals surface area contributed by atoms with Crippen molar-refractivity contribution in [3.63, 3.8) is 0 Å². The molecule has 3 rings (SSSR count). The molecule has 0 aliphatic heterocycles. The van der Waals surface area contributed by atoms with Crippen molar-refractivity contribution >= 4 is 28.3 Å². The van der Waals surface area contributed by atoms with Crippen LogP contribution in [0.15, 0.2) is 30.3 Å². The number of benzene rings is 2. The first-order valence-corrected chi connectivity index (χ1v) is 7.60. The van der Waals surface area contributed by atoms with Crippen LogP contribution in [-0.4, -0.2) is 15.0 Å². The molecule has 4 nitrogen and oxygen atoms in total. The largest absolute Gasteiger partial charge is 0.505 e. The Morgan fingerprint density at radius 2 is 1.91 bits per heavy atom. The first-order valence-electron chi connectivity index (χ1n) is 7.23. The summed E-state index contributed by atoms with van der Waals surface area (Å²) in [5.74, 6) is 0.280. The maximum absolute atomic E-state index is 10.6. The molecule has 0 unspecified atom stereocenters. The highest BCUT2D eigenvalue weighted by Crippen LogP contribution is 2.37. The van der Waals surface area contributed by atoms with Gasteiger partial charge in [-0.3, -0.25) is 10.5 Å². The number of anilines is 1. The van der Waals surface area contributed by atoms with Gasteiger partial charge in [0.05, 0.1) is 11.2 Å². The molecular formula is C17H20ClN3O. The third-order valence-electron chi connectivity index (χ3n) is 3.73. The summed E-state index contributed by atoms with van der Waals surface area (Å²) < 4.78 is 0. The van der Waals surface area contributed by atoms with Gasteiger partial charge in [-0.05, 0) is 42.2 Å². The number of rotatable bonds is 2. The number of nitrogens with one attached hydrogen (secondary N) is 2. The van der Waals surface area contributed by atoms with E-state index in [4.69, 9.17) is 11.6 Å². The lowest BCUT2D eigenvalue weighted by Gasteiger charge is -2.25. The lowest BCUT2D eigenvalue weighted by molar-refractivity contribution is 0.447. The summed E-state index contributed by atoms with van der Waals surface area (Å²) in [5.41, 5.74) is 7.73. The Balaban J connectivity index is 2.00. The topological polar surface area (TPSA) is 53.0 Å². The van der Waals surface area contributed by atoms with Crippen LogP contribution < -0.4 is 5.43 Å². The molecular weight excluding hydrogens is 298 g/mol. The van der Waals surface area contributed by atoms with Crippen LogP contribution in [-0.2, 0) is 5.41 Å². The first-order chi connectivity index (χ1) is 10.3. The van der Waals surface area contributed by atoms with Crippen molar-refractivity contribution in [3.05, 3.63) is 46.5 Å². The molecule has 0 saturated carbocycles. The summed E-state index contributed by atoms with van der Waals surface area (Å²) in [7, 11) is 0. The van der Waals surface area contributed by atoms with Gasteiger partial charge in [-0.1, -0.05) is 38.4 Å². The Morgan fingerprint density at radius 3 is 2.55 bits per heavy atom. The predicted molar refractivity (Wildman–Crippen MR) is 91.9 cm³/mol. The van der Waals surface area contributed by atoms with Gasteiger partial charge in [-0.25, -0.2) is 0 Å². The van der Waals surface area contributed by atoms with Crippen molar-refractivity contribution in [3.8, 4) is 5.75 Å². The number of phenols is 1. The summed E-state index contributed by atoms with van der Waals surface area (Å²) in [6.07, 6.45) is 0. The van der Waals surface area contributed by atoms with Crippen molar-refractivity contribution in [1.29, 1.82) is 0 Å². The van der Waals surface area contributed by atoms with Crippen molar-refractivity contribution < 1.29 is 5.11 Å². The number of aryl methyl sites for hydroxylation is 1. The Bertz CT molecular complexity index is 840. The van der Waals surface area contributed by atoms with Crippen LogP contribution in [0.5, 0.6) is 5.75 Å². The third kappa shape index (κ3) is 2.55. The lowest BCUT2D eigenvalue weighted by Crippen LogP contribution is -2.20. The molecule has 3 aromatic rings. The molecule has 0 amide bonds. The number of halogens is 1. The van der Waals surface area contributed by atoms with E-state index in [-0.39, 0.29) is 11.2 Å². The first kappa shape index (κ1) is 14.9. The molecule has 0 spiro atoms. The van der Waals surface area contributed by atoms with E-state index < -0.39 is 0 Å². The molecule has 1 heterocycles. The van der Waals surface area contributed by atoms with E-state index in [0.717, 1.165) is 22.2 Å². The van der Waals surface area contributed by atoms with Gasteiger partial charge in [0.25, 0.3) is 0 Å². The molecule has 2 aromatic carbocycles. The number of H-pyrrole nitrogens is 1. The van der Waals surface area contributed by atoms with Gasteiger partial charge >= 0.3 is 0 Å². The van der Waals surface area contributed by atoms with Crippen LogP contribution >= 0.6 is 11.6 Å². The Morgan fingerprint density at radius 1 is 1.18 bits per heavy atom. The summed E-state index contributed by atoms with van der Waals surface area (Å²) in [6.45, 7) is 8.29. The number of nitrogens with zero attached hydrogens (tertiary/aromatic N) is 1. The number of hydrogen-bond donors (Lipinski definition) is 3. The minimum absolute atomic E-state index is 0.125. The predicted octanol–water partition coefficient (Wildman–Crippen LogP) is 4.81. The zero-order valence-corrected chi connectivity index (χ0v) is 13.9. The smallest absolute Gasteiger partial charge is 0.144 e. The van der Waals surface area contributed by atoms with E-state index in [9.17, 15) is 5.11 Å². The molecule has 0 aliphatic rings. The van der Waals surface area contributed by atoms with E-state index in [1.54, 1.807) is 4.79 Å². The zero-order valence-electron chi connectivity index (χ0n) is 13.2. The van der Waals surface area contributed by atoms with Gasteiger partial charge < -0.3 is 5.11 Å². The highest BCUT2D eigenvalue weighted by atomic mass is 35.5. The Kier molecular flexibility index (Phi) is 3.37. The summed E-state index contributed by atoms with van der Waals surface area (Å²) in [6, 6.07) is 9.59. The third-order valence-corrected chi connectivity index (χ3v) is 3.96. The summed E-state index contributed by atoms with van der Waals surface area (Å²) >= 11 is 5.96. The van der Waals surface area contributed by atoms with Crippen LogP contribution in [0.4, 0.5) is 5.69 Å². The van der Waals surface area contributed by atoms with Gasteiger partial charge in [0.2, 0.25) is 0 Å². The Hall–Kier alpha value is -2.07. The van der Waals surface area contributed by atoms with Gasteiger partial charge in [0, 0.05) is 10.6 Å². The SMILES string of the molecule is Cc1cc(Nn2[nH]c3cc(Cl)ccc32)c(O)c(C(C)(C)C)c1. The number of hydrogen-bond acceptors (Lipinski definition) is 2. The number of phenolic OH excluding ortho intramolecular Hbond substituents is 1. The summed E-state index contributed by atoms with van der Waals surface area (Å²) in [5, 5.41) is 14.4. The van der Waals surface area contributed by atoms with Crippen molar-refractivity contribution in [1.82, 2.24) is 9.89 Å². The number of aromatic nitrogens is 2. The fraction of sp³-hybridized carbons (Fsp3) is 0.294. The molecule has 5 heteroatoms. The fourth-order valence-electron chi connectivity index (χ4n) is 2.56. The van der Waals surface area contributed by atoms with E-state index in [1.807, 2.05) is 37.3 Å². The van der Waals surface area contributed by atoms with Gasteiger partial charge in [-0.2, -0.15) is 4.79 Å². The summed E-state index contributed by atoms with van der Waals surface area (Å²) in [4.78, 5) is 1.77. The second kappa shape index (κ2) is 4.99. The van der Waals surface area contributed by atoms with Gasteiger partial charge in [-0.15, -0.1) is 0 Å². The monoisotopic (exact) mass is 317 g/mol. The second-order valence-electron chi connectivity index (χ2n) is 6.68. The standard InChI is InChI=1S/C17H20ClN3O/c1-10-7-12(17(2,3)4)16(22)14(8-10)20-21-15-6-5-11(18)9-13(15)19-21/h5-9,19-20,22H,1-4H3. The second-order valence-corrected chi connectivity index (χ2v) is 7.12. The van der Waals surface area contributed by atoms with E-state index in [2.05, 4.69) is 31.3 Å². The van der Waals surface area contributed by atoms with Crippen LogP contribution in [0.1, 0.15) is 31.9 Å². The van der Waals surface area contributed by atoms with Crippen molar-refractivity contribution in [2.24, 2.45) is 0 Å². The quantitative estimate of drug-likeness (QED) is 0.594. The number of fused-ring (bicyclic) bond motifs is 1. The molecule has 3 N–H and O–H groups in total. The Labute approximate surface area is 134 Å². The molecule has 116 valence electrons. The lowest BCUT2D eigenvalue weighted by atomic mass is 9.85. The molecule has 0 aliphatic carbocycles. The minimum Gasteiger partial charge on any atom is -0.505 e. The zero-order chi connectivity index (χ0) is 16.1. The molecule has 0 radical (unpaired) electrons. The maximum Gasteiger partial charge on any atom is 0.144 e. The molecule has 22 heavy (non-hydrogen) atoms. The average molecular weight is 318 g/mol. The molecule has 0 saturated heterocycles. The minimum atomic E-state index is -0.125. The molecule has 0 bridgehead atoms. The van der Waals surface area contributed by atoms with E-state index in [0.29, 0.717) is 10.7 Å². The molecule has 0 fully saturated rings. The van der Waals surface area contributed by atoms with Crippen LogP contribution in [0.3, 0.4) is 0 Å². The molecule has 0 atom stereocenters. The normalized spacial score (nSPS) is 12.0. The van der Waals surface area contributed by atoms with Gasteiger partial charge in [0.15, 0.2) is 0 Å². The number of aromatic hydroxyl groups is 1. The fourth-order valence-corrected chi connectivity index (χ4v) is 2.74. The van der Waals surface area contributed by atoms with Crippen LogP contribution in [0.25, 0.3) is 11.0 Å². The van der Waals surface area contributed by atoms with Crippen molar-refractivity contribution in [2.45, 2.75) is 33.1 Å². The average Bonchev–Trinajstić information content (AvgIpc) is 2.38. The van der Waals surface area contributed by atoms with Crippen LogP contribution in [0.2, 0.25) is 5.02 Å². The molecule has 1 aromatic heterocycles. The maximum atomic E-state index is 10.6. The highest BCUT2D eigenvalue weighted by Gasteiger charge is 2.21. The van der Waals surface area contributed by atoms with Gasteiger partial charge in [0.1, 0.15) is 11.3 Å². The number of aromatic amines is 1. The van der Waals surface area contributed by atoms with Crippen LogP contribution in [0, 0.1) is 6.92 Å². The van der Waals surface area contributed by atoms with E-state index >= 15 is 0 Å². The van der Waals surface area contributed by atoms with E-state index in [1.165, 1.54) is 0 Å².